The van der Waals surface area contributed by atoms with E-state index < -0.39 is 5.97 Å². The first-order valence-electron chi connectivity index (χ1n) is 7.78. The Kier molecular flexibility index (Phi) is 3.72. The smallest absolute Gasteiger partial charge is 0.349 e. The first kappa shape index (κ1) is 15.1. The molecule has 1 aliphatic heterocycles. The van der Waals surface area contributed by atoms with E-state index in [1.807, 2.05) is 24.3 Å². The first-order valence-corrected chi connectivity index (χ1v) is 8.59. The molecule has 1 saturated carbocycles. The van der Waals surface area contributed by atoms with Gasteiger partial charge in [-0.2, -0.15) is 0 Å². The molecule has 2 heterocycles. The van der Waals surface area contributed by atoms with Crippen LogP contribution in [0.25, 0.3) is 0 Å². The zero-order valence-electron chi connectivity index (χ0n) is 13.1. The van der Waals surface area contributed by atoms with E-state index in [1.165, 1.54) is 24.6 Å². The number of thiazole rings is 1. The van der Waals surface area contributed by atoms with Crippen LogP contribution in [0.1, 0.15) is 34.0 Å². The number of hydrogen-bond donors (Lipinski definition) is 0. The molecule has 0 bridgehead atoms. The number of fused-ring (bicyclic) bond motifs is 1. The van der Waals surface area contributed by atoms with E-state index in [0.717, 1.165) is 24.2 Å². The third kappa shape index (κ3) is 2.54. The third-order valence-electron chi connectivity index (χ3n) is 4.23. The van der Waals surface area contributed by atoms with Gasteiger partial charge < -0.3 is 9.47 Å². The van der Waals surface area contributed by atoms with Crippen molar-refractivity contribution in [3.8, 4) is 5.75 Å². The van der Waals surface area contributed by atoms with Crippen molar-refractivity contribution >= 4 is 28.3 Å². The number of methoxy groups -OCH3 is 1. The lowest BCUT2D eigenvalue weighted by Gasteiger charge is -2.22. The van der Waals surface area contributed by atoms with Gasteiger partial charge in [0.2, 0.25) is 5.91 Å². The molecule has 4 rings (SSSR count). The molecule has 0 saturated heterocycles. The summed E-state index contributed by atoms with van der Waals surface area (Å²) in [5, 5.41) is 0.548. The minimum absolute atomic E-state index is 0.0202. The van der Waals surface area contributed by atoms with Crippen LogP contribution in [0.15, 0.2) is 30.5 Å². The lowest BCUT2D eigenvalue weighted by molar-refractivity contribution is -0.120. The summed E-state index contributed by atoms with van der Waals surface area (Å²) in [6, 6.07) is 7.77. The summed E-state index contributed by atoms with van der Waals surface area (Å²) in [6.45, 7) is 0.344. The number of carbonyl (C=O) groups is 2. The highest BCUT2D eigenvalue weighted by Crippen LogP contribution is 2.40. The van der Waals surface area contributed by atoms with Gasteiger partial charge in [-0.05, 0) is 18.9 Å². The number of ether oxygens (including phenoxy) is 2. The summed E-state index contributed by atoms with van der Waals surface area (Å²) in [7, 11) is 1.33. The summed E-state index contributed by atoms with van der Waals surface area (Å²) >= 11 is 1.19. The van der Waals surface area contributed by atoms with E-state index in [-0.39, 0.29) is 17.9 Å². The van der Waals surface area contributed by atoms with Gasteiger partial charge in [0.15, 0.2) is 5.13 Å². The van der Waals surface area contributed by atoms with Crippen LogP contribution in [-0.4, -0.2) is 36.6 Å². The summed E-state index contributed by atoms with van der Waals surface area (Å²) in [5.74, 6) is -0.0158. The van der Waals surface area contributed by atoms with Crippen molar-refractivity contribution in [2.75, 3.05) is 18.6 Å². The van der Waals surface area contributed by atoms with Gasteiger partial charge in [0, 0.05) is 11.6 Å². The zero-order chi connectivity index (χ0) is 16.7. The molecular formula is C17H16N2O4S. The minimum atomic E-state index is -0.434. The highest BCUT2D eigenvalue weighted by atomic mass is 32.1. The maximum Gasteiger partial charge on any atom is 0.349 e. The average molecular weight is 344 g/mol. The Balaban J connectivity index is 1.63. The largest absolute Gasteiger partial charge is 0.492 e. The molecule has 124 valence electrons. The molecule has 1 aliphatic carbocycles. The first-order chi connectivity index (χ1) is 11.7. The third-order valence-corrected chi connectivity index (χ3v) is 5.21. The van der Waals surface area contributed by atoms with E-state index in [9.17, 15) is 9.59 Å². The molecule has 6 nitrogen and oxygen atoms in total. The van der Waals surface area contributed by atoms with Crippen LogP contribution in [0.4, 0.5) is 5.13 Å². The number of rotatable bonds is 4. The van der Waals surface area contributed by atoms with Gasteiger partial charge in [0.1, 0.15) is 23.2 Å². The molecular weight excluding hydrogens is 328 g/mol. The summed E-state index contributed by atoms with van der Waals surface area (Å²) in [5.41, 5.74) is 0.915. The predicted molar refractivity (Wildman–Crippen MR) is 88.6 cm³/mol. The van der Waals surface area contributed by atoms with Crippen molar-refractivity contribution < 1.29 is 19.1 Å². The molecule has 1 aromatic heterocycles. The van der Waals surface area contributed by atoms with E-state index >= 15 is 0 Å². The standard InChI is InChI=1S/C17H16N2O4S/c1-22-16(21)14-8-18-17(24-14)19(10-6-7-10)15(20)12-9-23-13-5-3-2-4-11(12)13/h2-5,8,10,12H,6-7,9H2,1H3. The Hall–Kier alpha value is -2.41. The van der Waals surface area contributed by atoms with E-state index in [1.54, 1.807) is 4.90 Å². The Morgan fingerprint density at radius 2 is 2.12 bits per heavy atom. The van der Waals surface area contributed by atoms with Gasteiger partial charge in [-0.25, -0.2) is 9.78 Å². The number of amides is 1. The van der Waals surface area contributed by atoms with Gasteiger partial charge in [-0.1, -0.05) is 29.5 Å². The number of esters is 1. The number of para-hydroxylation sites is 1. The summed E-state index contributed by atoms with van der Waals surface area (Å²) < 4.78 is 10.4. The second-order valence-corrected chi connectivity index (χ2v) is 6.85. The minimum Gasteiger partial charge on any atom is -0.492 e. The number of benzene rings is 1. The van der Waals surface area contributed by atoms with Crippen molar-refractivity contribution in [2.45, 2.75) is 24.8 Å². The van der Waals surface area contributed by atoms with Crippen LogP contribution >= 0.6 is 11.3 Å². The number of aromatic nitrogens is 1. The maximum atomic E-state index is 13.1. The molecule has 24 heavy (non-hydrogen) atoms. The molecule has 1 atom stereocenters. The topological polar surface area (TPSA) is 68.7 Å². The Labute approximate surface area is 143 Å². The average Bonchev–Trinajstić information content (AvgIpc) is 3.15. The number of carbonyl (C=O) groups excluding carboxylic acids is 2. The summed E-state index contributed by atoms with van der Waals surface area (Å²) in [4.78, 5) is 31.2. The number of nitrogens with zero attached hydrogens (tertiary/aromatic N) is 2. The molecule has 7 heteroatoms. The zero-order valence-corrected chi connectivity index (χ0v) is 13.9. The van der Waals surface area contributed by atoms with Crippen LogP contribution in [0.3, 0.4) is 0 Å². The van der Waals surface area contributed by atoms with Crippen LogP contribution in [-0.2, 0) is 9.53 Å². The normalized spacial score (nSPS) is 18.6. The van der Waals surface area contributed by atoms with E-state index in [4.69, 9.17) is 9.47 Å². The van der Waals surface area contributed by atoms with E-state index in [0.29, 0.717) is 16.6 Å². The van der Waals surface area contributed by atoms with Crippen molar-refractivity contribution in [3.05, 3.63) is 40.9 Å². The van der Waals surface area contributed by atoms with Gasteiger partial charge in [0.25, 0.3) is 0 Å². The molecule has 2 aromatic rings. The van der Waals surface area contributed by atoms with E-state index in [2.05, 4.69) is 4.98 Å². The Bertz CT molecular complexity index is 799. The van der Waals surface area contributed by atoms with Gasteiger partial charge in [-0.15, -0.1) is 0 Å². The second-order valence-electron chi connectivity index (χ2n) is 5.84. The van der Waals surface area contributed by atoms with Gasteiger partial charge in [0.05, 0.1) is 13.3 Å². The fourth-order valence-electron chi connectivity index (χ4n) is 2.87. The monoisotopic (exact) mass is 344 g/mol. The van der Waals surface area contributed by atoms with Crippen LogP contribution in [0, 0.1) is 0 Å². The fourth-order valence-corrected chi connectivity index (χ4v) is 3.78. The molecule has 0 radical (unpaired) electrons. The van der Waals surface area contributed by atoms with Crippen molar-refractivity contribution in [1.29, 1.82) is 0 Å². The number of anilines is 1. The molecule has 1 aromatic carbocycles. The quantitative estimate of drug-likeness (QED) is 0.798. The molecule has 2 aliphatic rings. The Morgan fingerprint density at radius 1 is 1.33 bits per heavy atom. The predicted octanol–water partition coefficient (Wildman–Crippen LogP) is 2.60. The lowest BCUT2D eigenvalue weighted by atomic mass is 10.00. The van der Waals surface area contributed by atoms with Crippen LogP contribution < -0.4 is 9.64 Å². The molecule has 1 unspecified atom stereocenters. The lowest BCUT2D eigenvalue weighted by Crippen LogP contribution is -2.37. The van der Waals surface area contributed by atoms with Crippen molar-refractivity contribution in [3.63, 3.8) is 0 Å². The molecule has 1 fully saturated rings. The fraction of sp³-hybridized carbons (Fsp3) is 0.353. The second kappa shape index (κ2) is 5.90. The summed E-state index contributed by atoms with van der Waals surface area (Å²) in [6.07, 6.45) is 3.37. The Morgan fingerprint density at radius 3 is 2.88 bits per heavy atom. The van der Waals surface area contributed by atoms with Crippen molar-refractivity contribution in [1.82, 2.24) is 4.98 Å². The van der Waals surface area contributed by atoms with Gasteiger partial charge in [-0.3, -0.25) is 9.69 Å². The molecule has 0 N–H and O–H groups in total. The number of hydrogen-bond acceptors (Lipinski definition) is 6. The van der Waals surface area contributed by atoms with Crippen molar-refractivity contribution in [2.24, 2.45) is 0 Å². The maximum absolute atomic E-state index is 13.1. The van der Waals surface area contributed by atoms with Crippen LogP contribution in [0.5, 0.6) is 5.75 Å². The van der Waals surface area contributed by atoms with Crippen LogP contribution in [0.2, 0.25) is 0 Å². The van der Waals surface area contributed by atoms with Gasteiger partial charge >= 0.3 is 5.97 Å². The molecule has 0 spiro atoms. The highest BCUT2D eigenvalue weighted by molar-refractivity contribution is 7.17. The SMILES string of the molecule is COC(=O)c1cnc(N(C(=O)C2COc3ccccc32)C2CC2)s1. The highest BCUT2D eigenvalue weighted by Gasteiger charge is 2.41. The molecule has 1 amide bonds.